The van der Waals surface area contributed by atoms with Gasteiger partial charge in [0.1, 0.15) is 0 Å². The van der Waals surface area contributed by atoms with Crippen LogP contribution in [-0.2, 0) is 4.79 Å². The first kappa shape index (κ1) is 21.0. The first-order chi connectivity index (χ1) is 14.9. The number of fused-ring (bicyclic) bond motifs is 2. The van der Waals surface area contributed by atoms with Crippen molar-refractivity contribution >= 4 is 5.91 Å². The molecule has 0 bridgehead atoms. The fraction of sp³-hybridized carbons (Fsp3) is 0.381. The molecule has 1 aliphatic heterocycles. The minimum absolute atomic E-state index is 0.0103. The Morgan fingerprint density at radius 2 is 1.61 bits per heavy atom. The van der Waals surface area contributed by atoms with Crippen LogP contribution in [0.25, 0.3) is 0 Å². The van der Waals surface area contributed by atoms with Crippen molar-refractivity contribution in [3.63, 3.8) is 0 Å². The van der Waals surface area contributed by atoms with E-state index >= 15 is 0 Å². The van der Waals surface area contributed by atoms with Crippen molar-refractivity contribution < 1.29 is 44.9 Å². The molecule has 10 heteroatoms. The van der Waals surface area contributed by atoms with Gasteiger partial charge in [-0.25, -0.2) is 0 Å². The summed E-state index contributed by atoms with van der Waals surface area (Å²) in [6.45, 7) is -0.871. The van der Waals surface area contributed by atoms with Crippen LogP contribution in [0.3, 0.4) is 0 Å². The maximum Gasteiger partial charge on any atom is 0.231 e. The number of phenols is 3. The first-order valence-electron chi connectivity index (χ1n) is 9.73. The molecule has 0 saturated carbocycles. The van der Waals surface area contributed by atoms with E-state index in [-0.39, 0.29) is 25.5 Å². The molecular formula is C21H23NO9. The van der Waals surface area contributed by atoms with E-state index in [0.29, 0.717) is 22.6 Å². The van der Waals surface area contributed by atoms with Gasteiger partial charge in [0.15, 0.2) is 28.7 Å². The number of aromatic hydroxyl groups is 3. The van der Waals surface area contributed by atoms with Crippen molar-refractivity contribution in [3.8, 4) is 28.7 Å². The zero-order valence-electron chi connectivity index (χ0n) is 16.4. The third kappa shape index (κ3) is 3.48. The third-order valence-electron chi connectivity index (χ3n) is 5.83. The van der Waals surface area contributed by atoms with E-state index in [9.17, 15) is 30.3 Å². The van der Waals surface area contributed by atoms with E-state index in [1.165, 1.54) is 12.1 Å². The summed E-state index contributed by atoms with van der Waals surface area (Å²) in [6, 6.07) is 5.63. The highest BCUT2D eigenvalue weighted by Gasteiger charge is 2.47. The zero-order valence-corrected chi connectivity index (χ0v) is 16.4. The molecule has 2 aromatic rings. The maximum atomic E-state index is 13.1. The van der Waals surface area contributed by atoms with Gasteiger partial charge in [0.2, 0.25) is 12.7 Å². The number of phenolic OH excluding ortho intramolecular Hbond substituents is 3. The largest absolute Gasteiger partial charge is 0.504 e. The number of rotatable bonds is 5. The van der Waals surface area contributed by atoms with Gasteiger partial charge in [0.05, 0.1) is 18.6 Å². The van der Waals surface area contributed by atoms with Gasteiger partial charge in [-0.3, -0.25) is 4.79 Å². The summed E-state index contributed by atoms with van der Waals surface area (Å²) in [5, 5.41) is 62.6. The minimum atomic E-state index is -1.21. The average molecular weight is 433 g/mol. The summed E-state index contributed by atoms with van der Waals surface area (Å²) in [5.41, 5.74) is 1.17. The van der Waals surface area contributed by atoms with Gasteiger partial charge in [0, 0.05) is 25.0 Å². The Morgan fingerprint density at radius 1 is 1.00 bits per heavy atom. The number of carbonyl (C=O) groups excluding carboxylic acids is 1. The molecule has 31 heavy (non-hydrogen) atoms. The molecule has 0 spiro atoms. The van der Waals surface area contributed by atoms with Crippen LogP contribution in [0.1, 0.15) is 28.7 Å². The molecule has 1 amide bonds. The van der Waals surface area contributed by atoms with Crippen LogP contribution >= 0.6 is 0 Å². The fourth-order valence-electron chi connectivity index (χ4n) is 4.41. The molecule has 4 rings (SSSR count). The van der Waals surface area contributed by atoms with Crippen molar-refractivity contribution in [2.75, 3.05) is 26.6 Å². The molecule has 0 fully saturated rings. The monoisotopic (exact) mass is 433 g/mol. The molecule has 0 saturated heterocycles. The Balaban J connectivity index is 1.93. The summed E-state index contributed by atoms with van der Waals surface area (Å²) in [7, 11) is 0. The maximum absolute atomic E-state index is 13.1. The quantitative estimate of drug-likeness (QED) is 0.322. The molecule has 0 unspecified atom stereocenters. The number of hydrogen-bond acceptors (Lipinski definition) is 9. The second-order valence-corrected chi connectivity index (χ2v) is 7.55. The number of carbonyl (C=O) groups is 1. The fourth-order valence-corrected chi connectivity index (χ4v) is 4.41. The molecule has 1 aliphatic carbocycles. The smallest absolute Gasteiger partial charge is 0.231 e. The van der Waals surface area contributed by atoms with Crippen LogP contribution in [0, 0.1) is 11.8 Å². The lowest BCUT2D eigenvalue weighted by atomic mass is 9.65. The predicted molar refractivity (Wildman–Crippen MR) is 105 cm³/mol. The summed E-state index contributed by atoms with van der Waals surface area (Å²) < 4.78 is 10.8. The Morgan fingerprint density at radius 3 is 2.19 bits per heavy atom. The molecule has 2 aliphatic rings. The zero-order chi connectivity index (χ0) is 22.3. The molecule has 4 atom stereocenters. The highest BCUT2D eigenvalue weighted by atomic mass is 16.7. The van der Waals surface area contributed by atoms with Gasteiger partial charge >= 0.3 is 0 Å². The molecule has 10 nitrogen and oxygen atoms in total. The van der Waals surface area contributed by atoms with E-state index in [4.69, 9.17) is 14.6 Å². The van der Waals surface area contributed by atoms with E-state index in [1.54, 1.807) is 12.1 Å². The van der Waals surface area contributed by atoms with E-state index in [2.05, 4.69) is 5.32 Å². The highest BCUT2D eigenvalue weighted by Crippen LogP contribution is 2.53. The van der Waals surface area contributed by atoms with Gasteiger partial charge < -0.3 is 45.4 Å². The number of amides is 1. The van der Waals surface area contributed by atoms with Crippen molar-refractivity contribution in [2.24, 2.45) is 11.8 Å². The van der Waals surface area contributed by atoms with Crippen molar-refractivity contribution in [1.82, 2.24) is 5.32 Å². The Kier molecular flexibility index (Phi) is 5.52. The lowest BCUT2D eigenvalue weighted by Crippen LogP contribution is -2.45. The summed E-state index contributed by atoms with van der Waals surface area (Å²) in [6.07, 6.45) is -1.21. The Bertz CT molecular complexity index is 986. The summed E-state index contributed by atoms with van der Waals surface area (Å²) in [5.74, 6) is -4.39. The summed E-state index contributed by atoms with van der Waals surface area (Å²) in [4.78, 5) is 13.1. The van der Waals surface area contributed by atoms with Gasteiger partial charge in [-0.2, -0.15) is 0 Å². The van der Waals surface area contributed by atoms with Crippen LogP contribution in [0.15, 0.2) is 24.3 Å². The topological polar surface area (TPSA) is 169 Å². The highest BCUT2D eigenvalue weighted by molar-refractivity contribution is 5.82. The molecule has 7 N–H and O–H groups in total. The van der Waals surface area contributed by atoms with Gasteiger partial charge in [-0.1, -0.05) is 0 Å². The minimum Gasteiger partial charge on any atom is -0.504 e. The van der Waals surface area contributed by atoms with Crippen LogP contribution in [0.2, 0.25) is 0 Å². The van der Waals surface area contributed by atoms with Gasteiger partial charge in [-0.15, -0.1) is 0 Å². The van der Waals surface area contributed by atoms with Gasteiger partial charge in [-0.05, 0) is 41.0 Å². The molecule has 1 heterocycles. The van der Waals surface area contributed by atoms with Crippen LogP contribution < -0.4 is 14.8 Å². The number of hydrogen-bond donors (Lipinski definition) is 7. The van der Waals surface area contributed by atoms with E-state index in [1.807, 2.05) is 0 Å². The van der Waals surface area contributed by atoms with E-state index in [0.717, 1.165) is 0 Å². The second kappa shape index (κ2) is 8.14. The number of aliphatic hydroxyl groups is 3. The number of aliphatic hydroxyl groups excluding tert-OH is 3. The molecule has 0 radical (unpaired) electrons. The number of ether oxygens (including phenoxy) is 2. The first-order valence-corrected chi connectivity index (χ1v) is 9.73. The van der Waals surface area contributed by atoms with Crippen LogP contribution in [-0.4, -0.2) is 63.1 Å². The standard InChI is InChI=1S/C21H23NO9/c23-2-1-22-21(29)18-12(7-24)19(27)11-6-16-15(30-8-31-16)5-10(11)17(18)9-3-13(25)20(28)14(26)4-9/h3-6,12,17-19,23-28H,1-2,7-8H2,(H,22,29)/t12-,17+,18+,19-/m0/s1. The predicted octanol–water partition coefficient (Wildman–Crippen LogP) is 0.0442. The number of benzene rings is 2. The number of nitrogens with one attached hydrogen (secondary N) is 1. The average Bonchev–Trinajstić information content (AvgIpc) is 3.21. The molecule has 0 aromatic heterocycles. The van der Waals surface area contributed by atoms with Crippen molar-refractivity contribution in [3.05, 3.63) is 41.0 Å². The van der Waals surface area contributed by atoms with Crippen molar-refractivity contribution in [2.45, 2.75) is 12.0 Å². The summed E-state index contributed by atoms with van der Waals surface area (Å²) >= 11 is 0. The Hall–Kier alpha value is -3.21. The Labute approximate surface area is 176 Å². The van der Waals surface area contributed by atoms with Crippen LogP contribution in [0.4, 0.5) is 0 Å². The van der Waals surface area contributed by atoms with Crippen molar-refractivity contribution in [1.29, 1.82) is 0 Å². The lowest BCUT2D eigenvalue weighted by molar-refractivity contribution is -0.131. The molecule has 2 aromatic carbocycles. The second-order valence-electron chi connectivity index (χ2n) is 7.55. The van der Waals surface area contributed by atoms with Gasteiger partial charge in [0.25, 0.3) is 0 Å². The molecule has 166 valence electrons. The normalized spacial score (nSPS) is 24.0. The lowest BCUT2D eigenvalue weighted by Gasteiger charge is -2.41. The van der Waals surface area contributed by atoms with Crippen LogP contribution in [0.5, 0.6) is 28.7 Å². The SMILES string of the molecule is O=C(NCCO)[C@H]1[C@H](c2cc(O)c(O)c(O)c2)c2cc3c(cc2[C@H](O)[C@H]1CO)OCO3. The van der Waals surface area contributed by atoms with E-state index < -0.39 is 53.6 Å². The third-order valence-corrected chi connectivity index (χ3v) is 5.83. The molecular weight excluding hydrogens is 410 g/mol.